The van der Waals surface area contributed by atoms with Gasteiger partial charge in [0.15, 0.2) is 0 Å². The highest BCUT2D eigenvalue weighted by atomic mass is 35.5. The van der Waals surface area contributed by atoms with Crippen LogP contribution in [0.4, 0.5) is 5.69 Å². The number of rotatable bonds is 5. The van der Waals surface area contributed by atoms with Crippen molar-refractivity contribution < 1.29 is 4.79 Å². The van der Waals surface area contributed by atoms with Crippen molar-refractivity contribution >= 4 is 34.8 Å². The summed E-state index contributed by atoms with van der Waals surface area (Å²) in [6.45, 7) is 1.89. The summed E-state index contributed by atoms with van der Waals surface area (Å²) < 4.78 is 0. The number of amides is 1. The molecule has 0 aliphatic carbocycles. The minimum absolute atomic E-state index is 0.466. The van der Waals surface area contributed by atoms with Gasteiger partial charge in [-0.3, -0.25) is 4.79 Å². The zero-order valence-electron chi connectivity index (χ0n) is 11.6. The minimum Gasteiger partial charge on any atom is -0.368 e. The zero-order chi connectivity index (χ0) is 15.5. The Hall–Kier alpha value is -1.71. The van der Waals surface area contributed by atoms with Crippen LogP contribution in [-0.4, -0.2) is 5.91 Å². The van der Waals surface area contributed by atoms with E-state index in [0.29, 0.717) is 16.5 Å². The summed E-state index contributed by atoms with van der Waals surface area (Å²) in [6, 6.07) is 14.3. The van der Waals surface area contributed by atoms with Crippen LogP contribution in [0.5, 0.6) is 0 Å². The van der Waals surface area contributed by atoms with Gasteiger partial charge in [-0.1, -0.05) is 48.3 Å². The molecule has 0 bridgehead atoms. The van der Waals surface area contributed by atoms with Gasteiger partial charge in [-0.15, -0.1) is 0 Å². The topological polar surface area (TPSA) is 55.1 Å². The third-order valence-corrected chi connectivity index (χ3v) is 3.92. The maximum absolute atomic E-state index is 12.1. The molecular weight excluding hydrogens is 307 g/mol. The lowest BCUT2D eigenvalue weighted by Crippen LogP contribution is -2.47. The van der Waals surface area contributed by atoms with Gasteiger partial charge in [-0.05, 0) is 42.3 Å². The van der Waals surface area contributed by atoms with Crippen molar-refractivity contribution in [3.63, 3.8) is 0 Å². The normalized spacial score (nSPS) is 13.5. The third kappa shape index (κ3) is 3.31. The molecule has 0 radical (unpaired) electrons. The van der Waals surface area contributed by atoms with Crippen molar-refractivity contribution in [2.75, 3.05) is 5.32 Å². The van der Waals surface area contributed by atoms with E-state index in [1.807, 2.05) is 25.1 Å². The molecule has 21 heavy (non-hydrogen) atoms. The first-order chi connectivity index (χ1) is 9.98. The first-order valence-corrected chi connectivity index (χ1v) is 7.33. The van der Waals surface area contributed by atoms with Crippen LogP contribution in [0.15, 0.2) is 48.5 Å². The Labute approximate surface area is 134 Å². The summed E-state index contributed by atoms with van der Waals surface area (Å²) in [4.78, 5) is 12.1. The average molecular weight is 323 g/mol. The van der Waals surface area contributed by atoms with Crippen LogP contribution in [0.3, 0.4) is 0 Å². The molecule has 2 rings (SSSR count). The number of hydrogen-bond acceptors (Lipinski definition) is 2. The Bertz CT molecular complexity index is 660. The lowest BCUT2D eigenvalue weighted by Gasteiger charge is -2.32. The van der Waals surface area contributed by atoms with Crippen molar-refractivity contribution in [3.05, 3.63) is 64.1 Å². The summed E-state index contributed by atoms with van der Waals surface area (Å²) in [5.41, 5.74) is 6.09. The quantitative estimate of drug-likeness (QED) is 0.866. The van der Waals surface area contributed by atoms with Gasteiger partial charge in [0, 0.05) is 15.7 Å². The number of benzene rings is 2. The van der Waals surface area contributed by atoms with Gasteiger partial charge in [0.2, 0.25) is 5.91 Å². The van der Waals surface area contributed by atoms with Crippen molar-refractivity contribution in [2.45, 2.75) is 18.9 Å². The average Bonchev–Trinajstić information content (AvgIpc) is 2.44. The van der Waals surface area contributed by atoms with Crippen LogP contribution in [0, 0.1) is 0 Å². The number of nitrogens with two attached hydrogens (primary N) is 1. The number of halogens is 2. The van der Waals surface area contributed by atoms with E-state index in [4.69, 9.17) is 28.9 Å². The molecule has 0 fully saturated rings. The minimum atomic E-state index is -1.03. The first-order valence-electron chi connectivity index (χ1n) is 6.57. The molecule has 0 aromatic heterocycles. The molecule has 3 nitrogen and oxygen atoms in total. The monoisotopic (exact) mass is 322 g/mol. The summed E-state index contributed by atoms with van der Waals surface area (Å²) in [5.74, 6) is -0.466. The van der Waals surface area contributed by atoms with Gasteiger partial charge < -0.3 is 11.1 Å². The molecule has 0 saturated carbocycles. The van der Waals surface area contributed by atoms with Crippen molar-refractivity contribution in [2.24, 2.45) is 5.73 Å². The van der Waals surface area contributed by atoms with Crippen molar-refractivity contribution in [1.82, 2.24) is 0 Å². The highest BCUT2D eigenvalue weighted by molar-refractivity contribution is 6.31. The Morgan fingerprint density at radius 3 is 2.29 bits per heavy atom. The molecule has 0 heterocycles. The number of hydrogen-bond donors (Lipinski definition) is 2. The fraction of sp³-hybridized carbons (Fsp3) is 0.188. The van der Waals surface area contributed by atoms with E-state index in [1.165, 1.54) is 0 Å². The SMILES string of the molecule is CCC(Nc1cccc(Cl)c1)(C(N)=O)c1cccc(Cl)c1. The second-order valence-electron chi connectivity index (χ2n) is 4.77. The Kier molecular flexibility index (Phi) is 4.76. The third-order valence-electron chi connectivity index (χ3n) is 3.45. The van der Waals surface area contributed by atoms with Gasteiger partial charge >= 0.3 is 0 Å². The van der Waals surface area contributed by atoms with Gasteiger partial charge in [-0.25, -0.2) is 0 Å². The van der Waals surface area contributed by atoms with Crippen LogP contribution < -0.4 is 11.1 Å². The molecule has 3 N–H and O–H groups in total. The van der Waals surface area contributed by atoms with Crippen molar-refractivity contribution in [3.8, 4) is 0 Å². The standard InChI is InChI=1S/C16H16Cl2N2O/c1-2-16(15(19)21,11-5-3-6-12(17)9-11)20-14-8-4-7-13(18)10-14/h3-10,20H,2H2,1H3,(H2,19,21). The molecule has 0 saturated heterocycles. The zero-order valence-corrected chi connectivity index (χ0v) is 13.1. The van der Waals surface area contributed by atoms with Crippen LogP contribution >= 0.6 is 23.2 Å². The van der Waals surface area contributed by atoms with E-state index in [1.54, 1.807) is 30.3 Å². The molecule has 1 atom stereocenters. The summed E-state index contributed by atoms with van der Waals surface area (Å²) in [5, 5.41) is 4.35. The number of carbonyl (C=O) groups excluding carboxylic acids is 1. The highest BCUT2D eigenvalue weighted by Crippen LogP contribution is 2.32. The van der Waals surface area contributed by atoms with Gasteiger partial charge in [0.25, 0.3) is 0 Å². The molecule has 1 unspecified atom stereocenters. The fourth-order valence-electron chi connectivity index (χ4n) is 2.31. The molecule has 5 heteroatoms. The number of anilines is 1. The molecular formula is C16H16Cl2N2O. The largest absolute Gasteiger partial charge is 0.368 e. The number of carbonyl (C=O) groups is 1. The molecule has 0 aliphatic rings. The molecule has 2 aromatic carbocycles. The van der Waals surface area contributed by atoms with E-state index in [9.17, 15) is 4.79 Å². The molecule has 0 aliphatic heterocycles. The number of nitrogens with one attached hydrogen (secondary N) is 1. The summed E-state index contributed by atoms with van der Waals surface area (Å²) in [6.07, 6.45) is 0.481. The molecule has 2 aromatic rings. The Morgan fingerprint density at radius 1 is 1.14 bits per heavy atom. The molecule has 1 amide bonds. The van der Waals surface area contributed by atoms with Crippen LogP contribution in [0.1, 0.15) is 18.9 Å². The number of primary amides is 1. The maximum atomic E-state index is 12.1. The second kappa shape index (κ2) is 6.37. The summed E-state index contributed by atoms with van der Waals surface area (Å²) >= 11 is 12.0. The van der Waals surface area contributed by atoms with Crippen LogP contribution in [0.25, 0.3) is 0 Å². The van der Waals surface area contributed by atoms with Crippen LogP contribution in [0.2, 0.25) is 10.0 Å². The van der Waals surface area contributed by atoms with Crippen LogP contribution in [-0.2, 0) is 10.3 Å². The van der Waals surface area contributed by atoms with E-state index >= 15 is 0 Å². The fourth-order valence-corrected chi connectivity index (χ4v) is 2.69. The summed E-state index contributed by atoms with van der Waals surface area (Å²) in [7, 11) is 0. The molecule has 110 valence electrons. The van der Waals surface area contributed by atoms with Gasteiger partial charge in [0.1, 0.15) is 5.54 Å². The lowest BCUT2D eigenvalue weighted by atomic mass is 9.86. The smallest absolute Gasteiger partial charge is 0.247 e. The van der Waals surface area contributed by atoms with E-state index in [2.05, 4.69) is 5.32 Å². The van der Waals surface area contributed by atoms with E-state index in [-0.39, 0.29) is 0 Å². The Morgan fingerprint density at radius 2 is 1.76 bits per heavy atom. The Balaban J connectivity index is 2.49. The van der Waals surface area contributed by atoms with Crippen molar-refractivity contribution in [1.29, 1.82) is 0 Å². The first kappa shape index (κ1) is 15.7. The highest BCUT2D eigenvalue weighted by Gasteiger charge is 2.37. The van der Waals surface area contributed by atoms with Gasteiger partial charge in [0.05, 0.1) is 0 Å². The maximum Gasteiger partial charge on any atom is 0.247 e. The predicted molar refractivity (Wildman–Crippen MR) is 87.7 cm³/mol. The van der Waals surface area contributed by atoms with E-state index in [0.717, 1.165) is 11.3 Å². The second-order valence-corrected chi connectivity index (χ2v) is 5.64. The van der Waals surface area contributed by atoms with Gasteiger partial charge in [-0.2, -0.15) is 0 Å². The lowest BCUT2D eigenvalue weighted by molar-refractivity contribution is -0.122. The molecule has 0 spiro atoms. The van der Waals surface area contributed by atoms with E-state index < -0.39 is 11.4 Å². The predicted octanol–water partition coefficient (Wildman–Crippen LogP) is 4.20.